The molecular formula is C20H25N5O5. The minimum atomic E-state index is -0.277. The van der Waals surface area contributed by atoms with Gasteiger partial charge in [-0.3, -0.25) is 14.5 Å². The van der Waals surface area contributed by atoms with E-state index in [-0.39, 0.29) is 36.5 Å². The van der Waals surface area contributed by atoms with Crippen molar-refractivity contribution in [2.24, 2.45) is 0 Å². The first-order valence-electron chi connectivity index (χ1n) is 9.86. The van der Waals surface area contributed by atoms with Gasteiger partial charge in [-0.05, 0) is 30.7 Å². The normalized spacial score (nSPS) is 23.7. The van der Waals surface area contributed by atoms with Crippen LogP contribution in [-0.2, 0) is 20.7 Å². The molecule has 2 fully saturated rings. The van der Waals surface area contributed by atoms with E-state index in [1.807, 2.05) is 24.3 Å². The van der Waals surface area contributed by atoms with Gasteiger partial charge in [0.25, 0.3) is 0 Å². The van der Waals surface area contributed by atoms with Crippen molar-refractivity contribution in [1.29, 1.82) is 0 Å². The third-order valence-electron chi connectivity index (χ3n) is 5.48. The summed E-state index contributed by atoms with van der Waals surface area (Å²) in [7, 11) is 3.09. The number of nitrogens with zero attached hydrogens (tertiary/aromatic N) is 3. The van der Waals surface area contributed by atoms with Gasteiger partial charge in [-0.2, -0.15) is 0 Å². The fraction of sp³-hybridized carbons (Fsp3) is 0.500. The van der Waals surface area contributed by atoms with E-state index in [0.29, 0.717) is 37.7 Å². The summed E-state index contributed by atoms with van der Waals surface area (Å²) in [5.41, 5.74) is 0.812. The summed E-state index contributed by atoms with van der Waals surface area (Å²) >= 11 is 0. The van der Waals surface area contributed by atoms with Gasteiger partial charge < -0.3 is 24.5 Å². The lowest BCUT2D eigenvalue weighted by molar-refractivity contribution is -0.129. The predicted octanol–water partition coefficient (Wildman–Crippen LogP) is -0.00840. The van der Waals surface area contributed by atoms with Gasteiger partial charge in [-0.1, -0.05) is 0 Å². The van der Waals surface area contributed by atoms with E-state index in [1.165, 1.54) is 7.11 Å². The Labute approximate surface area is 173 Å². The number of aromatic nitrogens is 2. The highest BCUT2D eigenvalue weighted by atomic mass is 16.5. The largest absolute Gasteiger partial charge is 0.497 e. The second-order valence-corrected chi connectivity index (χ2v) is 7.48. The molecule has 2 aliphatic rings. The van der Waals surface area contributed by atoms with Gasteiger partial charge in [0, 0.05) is 44.3 Å². The highest BCUT2D eigenvalue weighted by Crippen LogP contribution is 2.27. The van der Waals surface area contributed by atoms with Crippen molar-refractivity contribution in [3.05, 3.63) is 30.2 Å². The first-order chi connectivity index (χ1) is 14.6. The Hall–Kier alpha value is -2.98. The van der Waals surface area contributed by atoms with Crippen molar-refractivity contribution in [1.82, 2.24) is 25.7 Å². The van der Waals surface area contributed by atoms with Crippen LogP contribution in [0.4, 0.5) is 0 Å². The van der Waals surface area contributed by atoms with Crippen LogP contribution in [0.15, 0.2) is 28.7 Å². The first-order valence-corrected chi connectivity index (χ1v) is 9.86. The summed E-state index contributed by atoms with van der Waals surface area (Å²) in [4.78, 5) is 26.3. The van der Waals surface area contributed by atoms with Gasteiger partial charge in [-0.15, -0.1) is 10.2 Å². The van der Waals surface area contributed by atoms with Crippen molar-refractivity contribution in [3.8, 4) is 17.2 Å². The molecule has 0 bridgehead atoms. The molecule has 2 saturated heterocycles. The molecule has 4 rings (SSSR count). The van der Waals surface area contributed by atoms with Gasteiger partial charge >= 0.3 is 0 Å². The molecule has 1 aromatic heterocycles. The highest BCUT2D eigenvalue weighted by Gasteiger charge is 2.44. The number of rotatable bonds is 7. The van der Waals surface area contributed by atoms with Gasteiger partial charge in [0.05, 0.1) is 13.2 Å². The standard InChI is InChI=1S/C20H25N5O5/c1-28-11-17(26)22-13-7-16-19(27)21-9-14(25(16)10-13)8-18-23-24-20(30-18)12-3-5-15(29-2)6-4-12/h3-6,13-14,16H,7-11H2,1-2H3,(H,21,27)(H,22,26)/t13-,14+,16-/m0/s1. The quantitative estimate of drug-likeness (QED) is 0.648. The molecule has 2 aromatic rings. The Balaban J connectivity index is 1.42. The number of piperazine rings is 1. The average molecular weight is 415 g/mol. The van der Waals surface area contributed by atoms with Gasteiger partial charge in [0.2, 0.25) is 23.6 Å². The minimum absolute atomic E-state index is 0.00686. The minimum Gasteiger partial charge on any atom is -0.497 e. The number of amides is 2. The molecule has 30 heavy (non-hydrogen) atoms. The summed E-state index contributed by atoms with van der Waals surface area (Å²) in [6, 6.07) is 7.04. The molecule has 0 radical (unpaired) electrons. The monoisotopic (exact) mass is 415 g/mol. The van der Waals surface area contributed by atoms with Crippen LogP contribution in [-0.4, -0.2) is 79.0 Å². The number of benzene rings is 1. The third-order valence-corrected chi connectivity index (χ3v) is 5.48. The Morgan fingerprint density at radius 3 is 2.83 bits per heavy atom. The molecule has 3 atom stereocenters. The SMILES string of the molecule is COCC(=O)N[C@H]1C[C@H]2C(=O)NC[C@@H](Cc3nnc(-c4ccc(OC)cc4)o3)N2C1. The summed E-state index contributed by atoms with van der Waals surface area (Å²) in [5, 5.41) is 14.2. The zero-order valence-corrected chi connectivity index (χ0v) is 17.0. The molecule has 0 spiro atoms. The lowest BCUT2D eigenvalue weighted by Gasteiger charge is -2.36. The molecule has 10 heteroatoms. The molecule has 10 nitrogen and oxygen atoms in total. The number of fused-ring (bicyclic) bond motifs is 1. The number of nitrogens with one attached hydrogen (secondary N) is 2. The molecule has 3 heterocycles. The number of carbonyl (C=O) groups is 2. The first kappa shape index (κ1) is 20.3. The molecule has 160 valence electrons. The third kappa shape index (κ3) is 4.29. The van der Waals surface area contributed by atoms with Crippen LogP contribution < -0.4 is 15.4 Å². The fourth-order valence-electron chi connectivity index (χ4n) is 4.06. The van der Waals surface area contributed by atoms with Crippen molar-refractivity contribution in [2.45, 2.75) is 31.0 Å². The average Bonchev–Trinajstić information content (AvgIpc) is 3.38. The second kappa shape index (κ2) is 8.80. The van der Waals surface area contributed by atoms with Crippen LogP contribution in [0.25, 0.3) is 11.5 Å². The summed E-state index contributed by atoms with van der Waals surface area (Å²) < 4.78 is 15.9. The highest BCUT2D eigenvalue weighted by molar-refractivity contribution is 5.83. The van der Waals surface area contributed by atoms with E-state index in [1.54, 1.807) is 7.11 Å². The van der Waals surface area contributed by atoms with Crippen LogP contribution >= 0.6 is 0 Å². The van der Waals surface area contributed by atoms with Crippen molar-refractivity contribution in [3.63, 3.8) is 0 Å². The Morgan fingerprint density at radius 2 is 2.10 bits per heavy atom. The summed E-state index contributed by atoms with van der Waals surface area (Å²) in [6.07, 6.45) is 1.08. The van der Waals surface area contributed by atoms with E-state index in [0.717, 1.165) is 11.3 Å². The molecule has 2 aliphatic heterocycles. The molecular weight excluding hydrogens is 390 g/mol. The number of carbonyl (C=O) groups excluding carboxylic acids is 2. The predicted molar refractivity (Wildman–Crippen MR) is 106 cm³/mol. The van der Waals surface area contributed by atoms with Crippen LogP contribution in [0, 0.1) is 0 Å². The Bertz CT molecular complexity index is 899. The summed E-state index contributed by atoms with van der Waals surface area (Å²) in [5.74, 6) is 1.51. The van der Waals surface area contributed by atoms with Crippen LogP contribution in [0.1, 0.15) is 12.3 Å². The van der Waals surface area contributed by atoms with Crippen molar-refractivity contribution >= 4 is 11.8 Å². The van der Waals surface area contributed by atoms with Crippen molar-refractivity contribution < 1.29 is 23.5 Å². The molecule has 2 amide bonds. The van der Waals surface area contributed by atoms with Crippen LogP contribution in [0.2, 0.25) is 0 Å². The number of ether oxygens (including phenoxy) is 2. The van der Waals surface area contributed by atoms with Gasteiger partial charge in [-0.25, -0.2) is 0 Å². The topological polar surface area (TPSA) is 119 Å². The van der Waals surface area contributed by atoms with Gasteiger partial charge in [0.1, 0.15) is 12.4 Å². The lowest BCUT2D eigenvalue weighted by atomic mass is 10.1. The fourth-order valence-corrected chi connectivity index (χ4v) is 4.06. The lowest BCUT2D eigenvalue weighted by Crippen LogP contribution is -2.58. The molecule has 0 aliphatic carbocycles. The number of hydrogen-bond donors (Lipinski definition) is 2. The maximum Gasteiger partial charge on any atom is 0.247 e. The summed E-state index contributed by atoms with van der Waals surface area (Å²) in [6.45, 7) is 1.10. The van der Waals surface area contributed by atoms with E-state index in [9.17, 15) is 9.59 Å². The molecule has 0 unspecified atom stereocenters. The Kier molecular flexibility index (Phi) is 5.96. The Morgan fingerprint density at radius 1 is 1.30 bits per heavy atom. The second-order valence-electron chi connectivity index (χ2n) is 7.48. The van der Waals surface area contributed by atoms with E-state index in [2.05, 4.69) is 25.7 Å². The van der Waals surface area contributed by atoms with E-state index in [4.69, 9.17) is 13.9 Å². The molecule has 0 saturated carbocycles. The van der Waals surface area contributed by atoms with Crippen LogP contribution in [0.3, 0.4) is 0 Å². The zero-order chi connectivity index (χ0) is 21.1. The van der Waals surface area contributed by atoms with Crippen LogP contribution in [0.5, 0.6) is 5.75 Å². The van der Waals surface area contributed by atoms with Crippen molar-refractivity contribution in [2.75, 3.05) is 33.9 Å². The van der Waals surface area contributed by atoms with Gasteiger partial charge in [0.15, 0.2) is 0 Å². The number of methoxy groups -OCH3 is 2. The molecule has 1 aromatic carbocycles. The number of hydrogen-bond acceptors (Lipinski definition) is 8. The molecule has 2 N–H and O–H groups in total. The maximum absolute atomic E-state index is 12.3. The zero-order valence-electron chi connectivity index (χ0n) is 17.0. The smallest absolute Gasteiger partial charge is 0.247 e. The van der Waals surface area contributed by atoms with E-state index < -0.39 is 0 Å². The maximum atomic E-state index is 12.3. The van der Waals surface area contributed by atoms with E-state index >= 15 is 0 Å².